The van der Waals surface area contributed by atoms with Crippen LogP contribution in [0.4, 0.5) is 13.9 Å². The molecule has 1 heterocycles. The SMILES string of the molecule is O=C(Nc1nc(-c2ccc3c(c2)CCCC3)cs1)c1cc(F)c(F)cc1Cl. The summed E-state index contributed by atoms with van der Waals surface area (Å²) in [5.41, 5.74) is 4.37. The van der Waals surface area contributed by atoms with Gasteiger partial charge in [0.25, 0.3) is 5.91 Å². The van der Waals surface area contributed by atoms with E-state index in [-0.39, 0.29) is 10.6 Å². The second-order valence-corrected chi connectivity index (χ2v) is 7.69. The molecule has 0 radical (unpaired) electrons. The van der Waals surface area contributed by atoms with Crippen molar-refractivity contribution in [1.82, 2.24) is 4.98 Å². The van der Waals surface area contributed by atoms with Crippen LogP contribution in [0.15, 0.2) is 35.7 Å². The van der Waals surface area contributed by atoms with Gasteiger partial charge in [0.2, 0.25) is 0 Å². The first kappa shape index (κ1) is 18.1. The van der Waals surface area contributed by atoms with Crippen LogP contribution in [0.5, 0.6) is 0 Å². The highest BCUT2D eigenvalue weighted by molar-refractivity contribution is 7.14. The van der Waals surface area contributed by atoms with E-state index >= 15 is 0 Å². The molecule has 0 saturated heterocycles. The number of nitrogens with one attached hydrogen (secondary N) is 1. The van der Waals surface area contributed by atoms with Crippen LogP contribution >= 0.6 is 22.9 Å². The molecule has 0 bridgehead atoms. The fourth-order valence-electron chi connectivity index (χ4n) is 3.22. The van der Waals surface area contributed by atoms with Gasteiger partial charge in [-0.2, -0.15) is 0 Å². The highest BCUT2D eigenvalue weighted by atomic mass is 35.5. The third kappa shape index (κ3) is 3.73. The lowest BCUT2D eigenvalue weighted by Gasteiger charge is -2.16. The Labute approximate surface area is 164 Å². The second kappa shape index (κ2) is 7.37. The molecule has 2 aromatic carbocycles. The Morgan fingerprint density at radius 1 is 1.07 bits per heavy atom. The fourth-order valence-corrected chi connectivity index (χ4v) is 4.17. The maximum absolute atomic E-state index is 13.4. The summed E-state index contributed by atoms with van der Waals surface area (Å²) >= 11 is 7.11. The Balaban J connectivity index is 1.55. The first-order chi connectivity index (χ1) is 13.0. The Hall–Kier alpha value is -2.31. The number of anilines is 1. The van der Waals surface area contributed by atoms with Gasteiger partial charge in [0.1, 0.15) is 0 Å². The summed E-state index contributed by atoms with van der Waals surface area (Å²) in [6.07, 6.45) is 4.62. The van der Waals surface area contributed by atoms with Crippen LogP contribution < -0.4 is 5.32 Å². The number of carbonyl (C=O) groups excluding carboxylic acids is 1. The lowest BCUT2D eigenvalue weighted by Crippen LogP contribution is -2.13. The molecule has 1 N–H and O–H groups in total. The number of aromatic nitrogens is 1. The highest BCUT2D eigenvalue weighted by Crippen LogP contribution is 2.30. The number of thiazole rings is 1. The summed E-state index contributed by atoms with van der Waals surface area (Å²) in [5, 5.41) is 4.66. The maximum Gasteiger partial charge on any atom is 0.259 e. The molecule has 0 unspecified atom stereocenters. The quantitative estimate of drug-likeness (QED) is 0.554. The van der Waals surface area contributed by atoms with Crippen LogP contribution in [-0.2, 0) is 12.8 Å². The summed E-state index contributed by atoms with van der Waals surface area (Å²) in [6, 6.07) is 7.90. The van der Waals surface area contributed by atoms with Gasteiger partial charge < -0.3 is 0 Å². The van der Waals surface area contributed by atoms with Gasteiger partial charge >= 0.3 is 0 Å². The molecule has 1 aliphatic rings. The van der Waals surface area contributed by atoms with E-state index in [1.54, 1.807) is 0 Å². The standard InChI is InChI=1S/C20H15ClF2N2OS/c21-15-9-17(23)16(22)8-14(15)19(26)25-20-24-18(10-27-20)13-6-5-11-3-1-2-4-12(11)7-13/h5-10H,1-4H2,(H,24,25,26). The molecule has 3 nitrogen and oxygen atoms in total. The monoisotopic (exact) mass is 404 g/mol. The Kier molecular flexibility index (Phi) is 4.93. The molecular weight excluding hydrogens is 390 g/mol. The van der Waals surface area contributed by atoms with E-state index in [1.165, 1.54) is 35.3 Å². The predicted octanol–water partition coefficient (Wildman–Crippen LogP) is 5.87. The van der Waals surface area contributed by atoms with E-state index in [1.807, 2.05) is 11.4 Å². The van der Waals surface area contributed by atoms with Crippen molar-refractivity contribution in [2.75, 3.05) is 5.32 Å². The summed E-state index contributed by atoms with van der Waals surface area (Å²) < 4.78 is 26.6. The zero-order chi connectivity index (χ0) is 19.0. The molecule has 138 valence electrons. The molecule has 27 heavy (non-hydrogen) atoms. The van der Waals surface area contributed by atoms with Crippen molar-refractivity contribution in [2.24, 2.45) is 0 Å². The lowest BCUT2D eigenvalue weighted by atomic mass is 9.90. The van der Waals surface area contributed by atoms with Crippen molar-refractivity contribution in [2.45, 2.75) is 25.7 Å². The van der Waals surface area contributed by atoms with Crippen molar-refractivity contribution >= 4 is 34.0 Å². The van der Waals surface area contributed by atoms with E-state index in [0.29, 0.717) is 5.13 Å². The number of amides is 1. The van der Waals surface area contributed by atoms with Crippen molar-refractivity contribution in [3.63, 3.8) is 0 Å². The molecule has 4 rings (SSSR count). The highest BCUT2D eigenvalue weighted by Gasteiger charge is 2.17. The smallest absolute Gasteiger partial charge is 0.259 e. The van der Waals surface area contributed by atoms with Gasteiger partial charge in [0.05, 0.1) is 16.3 Å². The molecule has 7 heteroatoms. The van der Waals surface area contributed by atoms with E-state index < -0.39 is 17.5 Å². The summed E-state index contributed by atoms with van der Waals surface area (Å²) in [4.78, 5) is 16.8. The minimum Gasteiger partial charge on any atom is -0.298 e. The van der Waals surface area contributed by atoms with Crippen molar-refractivity contribution < 1.29 is 13.6 Å². The number of hydrogen-bond acceptors (Lipinski definition) is 3. The predicted molar refractivity (Wildman–Crippen MR) is 104 cm³/mol. The number of carbonyl (C=O) groups is 1. The Bertz CT molecular complexity index is 1030. The van der Waals surface area contributed by atoms with Crippen LogP contribution in [0.2, 0.25) is 5.02 Å². The summed E-state index contributed by atoms with van der Waals surface area (Å²) in [6.45, 7) is 0. The third-order valence-corrected chi connectivity index (χ3v) is 5.69. The van der Waals surface area contributed by atoms with E-state index in [2.05, 4.69) is 22.4 Å². The van der Waals surface area contributed by atoms with Gasteiger partial charge in [-0.1, -0.05) is 23.7 Å². The summed E-state index contributed by atoms with van der Waals surface area (Å²) in [7, 11) is 0. The Morgan fingerprint density at radius 3 is 2.63 bits per heavy atom. The molecule has 0 saturated carbocycles. The number of benzene rings is 2. The lowest BCUT2D eigenvalue weighted by molar-refractivity contribution is 0.102. The molecule has 0 aliphatic heterocycles. The number of nitrogens with zero attached hydrogens (tertiary/aromatic N) is 1. The zero-order valence-electron chi connectivity index (χ0n) is 14.2. The minimum atomic E-state index is -1.13. The molecule has 1 amide bonds. The van der Waals surface area contributed by atoms with Gasteiger partial charge in [0.15, 0.2) is 16.8 Å². The first-order valence-corrected chi connectivity index (χ1v) is 9.80. The molecular formula is C20H15ClF2N2OS. The molecule has 1 aromatic heterocycles. The number of rotatable bonds is 3. The first-order valence-electron chi connectivity index (χ1n) is 8.55. The van der Waals surface area contributed by atoms with Crippen LogP contribution in [-0.4, -0.2) is 10.9 Å². The molecule has 0 atom stereocenters. The number of fused-ring (bicyclic) bond motifs is 1. The van der Waals surface area contributed by atoms with Gasteiger partial charge in [0, 0.05) is 10.9 Å². The normalized spacial score (nSPS) is 13.3. The zero-order valence-corrected chi connectivity index (χ0v) is 15.8. The van der Waals surface area contributed by atoms with Gasteiger partial charge in [-0.05, 0) is 55.0 Å². The molecule has 0 spiro atoms. The van der Waals surface area contributed by atoms with Crippen LogP contribution in [0.1, 0.15) is 34.3 Å². The Morgan fingerprint density at radius 2 is 1.81 bits per heavy atom. The van der Waals surface area contributed by atoms with Crippen LogP contribution in [0, 0.1) is 11.6 Å². The third-order valence-electron chi connectivity index (χ3n) is 4.62. The van der Waals surface area contributed by atoms with Crippen LogP contribution in [0.25, 0.3) is 11.3 Å². The van der Waals surface area contributed by atoms with Crippen molar-refractivity contribution in [3.8, 4) is 11.3 Å². The average Bonchev–Trinajstić information content (AvgIpc) is 3.12. The van der Waals surface area contributed by atoms with Crippen molar-refractivity contribution in [1.29, 1.82) is 0 Å². The maximum atomic E-state index is 13.4. The van der Waals surface area contributed by atoms with Gasteiger partial charge in [-0.25, -0.2) is 13.8 Å². The summed E-state index contributed by atoms with van der Waals surface area (Å²) in [5.74, 6) is -2.86. The van der Waals surface area contributed by atoms with Gasteiger partial charge in [-0.15, -0.1) is 11.3 Å². The molecule has 0 fully saturated rings. The second-order valence-electron chi connectivity index (χ2n) is 6.43. The van der Waals surface area contributed by atoms with E-state index in [0.717, 1.165) is 36.2 Å². The number of hydrogen-bond donors (Lipinski definition) is 1. The number of halogens is 3. The minimum absolute atomic E-state index is 0.138. The largest absolute Gasteiger partial charge is 0.298 e. The van der Waals surface area contributed by atoms with E-state index in [4.69, 9.17) is 11.6 Å². The van der Waals surface area contributed by atoms with Gasteiger partial charge in [-0.3, -0.25) is 10.1 Å². The molecule has 3 aromatic rings. The average molecular weight is 405 g/mol. The number of aryl methyl sites for hydroxylation is 2. The van der Waals surface area contributed by atoms with Crippen molar-refractivity contribution in [3.05, 3.63) is 69.1 Å². The van der Waals surface area contributed by atoms with E-state index in [9.17, 15) is 13.6 Å². The molecule has 1 aliphatic carbocycles. The van der Waals surface area contributed by atoms with Crippen LogP contribution in [0.3, 0.4) is 0 Å². The fraction of sp³-hybridized carbons (Fsp3) is 0.200. The topological polar surface area (TPSA) is 42.0 Å².